The number of likely N-dealkylation sites (N-methyl/N-ethyl adjacent to an activating group) is 1. The van der Waals surface area contributed by atoms with Crippen molar-refractivity contribution in [3.05, 3.63) is 95.4 Å². The standard InChI is InChI=1S/C28H29FN6/c1-17(2)19-9-12-24(29)25(15-19)35-28(18-7-5-4-6-8-18)33-26(34(35)3)16-22-14-20-13-21(30)10-11-23(20)27(31)32-22/h4-15,17,26H,16,30H2,1-3H3,(H2,31,32). The number of nitrogens with two attached hydrogens (primary N) is 2. The van der Waals surface area contributed by atoms with E-state index in [1.54, 1.807) is 0 Å². The molecule has 0 saturated carbocycles. The topological polar surface area (TPSA) is 83.8 Å². The number of aliphatic imine (C=N–C) groups is 1. The van der Waals surface area contributed by atoms with Crippen LogP contribution in [0.4, 0.5) is 21.6 Å². The lowest BCUT2D eigenvalue weighted by atomic mass is 10.0. The highest BCUT2D eigenvalue weighted by atomic mass is 19.1. The van der Waals surface area contributed by atoms with Crippen LogP contribution in [0.3, 0.4) is 0 Å². The van der Waals surface area contributed by atoms with Gasteiger partial charge in [0.1, 0.15) is 17.8 Å². The summed E-state index contributed by atoms with van der Waals surface area (Å²) in [6, 6.07) is 22.7. The molecule has 7 heteroatoms. The van der Waals surface area contributed by atoms with Gasteiger partial charge in [-0.3, -0.25) is 5.01 Å². The lowest BCUT2D eigenvalue weighted by Gasteiger charge is -2.31. The molecule has 1 atom stereocenters. The summed E-state index contributed by atoms with van der Waals surface area (Å²) in [6.45, 7) is 4.20. The summed E-state index contributed by atoms with van der Waals surface area (Å²) in [5, 5.41) is 5.63. The van der Waals surface area contributed by atoms with Crippen molar-refractivity contribution < 1.29 is 4.39 Å². The number of aromatic nitrogens is 1. The van der Waals surface area contributed by atoms with E-state index in [9.17, 15) is 0 Å². The van der Waals surface area contributed by atoms with Crippen molar-refractivity contribution in [3.8, 4) is 0 Å². The molecule has 0 saturated heterocycles. The van der Waals surface area contributed by atoms with Crippen molar-refractivity contribution in [2.45, 2.75) is 32.4 Å². The van der Waals surface area contributed by atoms with E-state index in [2.05, 4.69) is 18.8 Å². The zero-order valence-corrected chi connectivity index (χ0v) is 20.1. The molecule has 4 N–H and O–H groups in total. The number of pyridine rings is 1. The fourth-order valence-corrected chi connectivity index (χ4v) is 4.51. The number of anilines is 3. The molecule has 4 aromatic rings. The van der Waals surface area contributed by atoms with E-state index < -0.39 is 0 Å². The molecule has 178 valence electrons. The van der Waals surface area contributed by atoms with Gasteiger partial charge in [0.15, 0.2) is 5.84 Å². The maximum atomic E-state index is 15.2. The second kappa shape index (κ2) is 9.00. The Balaban J connectivity index is 1.57. The van der Waals surface area contributed by atoms with Crippen LogP contribution in [0.15, 0.2) is 77.8 Å². The summed E-state index contributed by atoms with van der Waals surface area (Å²) >= 11 is 0. The lowest BCUT2D eigenvalue weighted by Crippen LogP contribution is -2.44. The van der Waals surface area contributed by atoms with E-state index in [-0.39, 0.29) is 17.9 Å². The summed E-state index contributed by atoms with van der Waals surface area (Å²) in [6.07, 6.45) is 0.210. The number of nitrogens with zero attached hydrogens (tertiary/aromatic N) is 4. The molecule has 0 bridgehead atoms. The SMILES string of the molecule is CC(C)c1ccc(F)c(N2C(c3ccccc3)=NC(Cc3cc4cc(N)ccc4c(N)n3)N2C)c1. The van der Waals surface area contributed by atoms with Gasteiger partial charge in [-0.15, -0.1) is 0 Å². The molecule has 0 fully saturated rings. The summed E-state index contributed by atoms with van der Waals surface area (Å²) in [4.78, 5) is 9.66. The van der Waals surface area contributed by atoms with E-state index in [4.69, 9.17) is 16.5 Å². The monoisotopic (exact) mass is 468 g/mol. The number of hydrogen-bond acceptors (Lipinski definition) is 6. The molecule has 0 radical (unpaired) electrons. The van der Waals surface area contributed by atoms with Crippen LogP contribution in [-0.2, 0) is 6.42 Å². The largest absolute Gasteiger partial charge is 0.399 e. The second-order valence-electron chi connectivity index (χ2n) is 9.23. The first kappa shape index (κ1) is 22.8. The van der Waals surface area contributed by atoms with Crippen molar-refractivity contribution in [1.82, 2.24) is 9.99 Å². The second-order valence-corrected chi connectivity index (χ2v) is 9.23. The summed E-state index contributed by atoms with van der Waals surface area (Å²) in [5.74, 6) is 1.12. The number of hydrogen-bond donors (Lipinski definition) is 2. The number of halogens is 1. The molecule has 0 aliphatic carbocycles. The van der Waals surface area contributed by atoms with Gasteiger partial charge in [-0.25, -0.2) is 14.4 Å². The Kier molecular flexibility index (Phi) is 5.86. The number of amidine groups is 1. The minimum atomic E-state index is -0.297. The molecule has 1 unspecified atom stereocenters. The average molecular weight is 469 g/mol. The lowest BCUT2D eigenvalue weighted by molar-refractivity contribution is 0.278. The Morgan fingerprint density at radius 3 is 2.49 bits per heavy atom. The predicted molar refractivity (Wildman–Crippen MR) is 142 cm³/mol. The molecule has 2 heterocycles. The van der Waals surface area contributed by atoms with Crippen LogP contribution in [0.1, 0.15) is 36.6 Å². The Bertz CT molecular complexity index is 1420. The van der Waals surface area contributed by atoms with Gasteiger partial charge in [0.2, 0.25) is 0 Å². The van der Waals surface area contributed by atoms with Crippen LogP contribution in [0.2, 0.25) is 0 Å². The predicted octanol–water partition coefficient (Wildman–Crippen LogP) is 5.34. The van der Waals surface area contributed by atoms with Crippen LogP contribution in [0.5, 0.6) is 0 Å². The van der Waals surface area contributed by atoms with E-state index in [0.717, 1.165) is 27.6 Å². The number of rotatable bonds is 5. The van der Waals surface area contributed by atoms with Crippen molar-refractivity contribution in [3.63, 3.8) is 0 Å². The minimum absolute atomic E-state index is 0.271. The number of nitrogen functional groups attached to an aromatic ring is 2. The fourth-order valence-electron chi connectivity index (χ4n) is 4.51. The third-order valence-electron chi connectivity index (χ3n) is 6.45. The molecular weight excluding hydrogens is 439 g/mol. The summed E-state index contributed by atoms with van der Waals surface area (Å²) < 4.78 is 15.2. The number of fused-ring (bicyclic) bond motifs is 1. The van der Waals surface area contributed by atoms with Gasteiger partial charge in [0.05, 0.1) is 5.69 Å². The van der Waals surface area contributed by atoms with Crippen molar-refractivity contribution in [2.75, 3.05) is 23.5 Å². The third kappa shape index (κ3) is 4.31. The van der Waals surface area contributed by atoms with Crippen LogP contribution < -0.4 is 16.5 Å². The molecule has 0 amide bonds. The first-order chi connectivity index (χ1) is 16.8. The molecule has 1 aliphatic heterocycles. The maximum absolute atomic E-state index is 15.2. The fraction of sp³-hybridized carbons (Fsp3) is 0.214. The van der Waals surface area contributed by atoms with Crippen molar-refractivity contribution in [2.24, 2.45) is 4.99 Å². The van der Waals surface area contributed by atoms with Gasteiger partial charge < -0.3 is 11.5 Å². The zero-order chi connectivity index (χ0) is 24.7. The normalized spacial score (nSPS) is 16.3. The molecule has 35 heavy (non-hydrogen) atoms. The van der Waals surface area contributed by atoms with Gasteiger partial charge >= 0.3 is 0 Å². The summed E-state index contributed by atoms with van der Waals surface area (Å²) in [5.41, 5.74) is 16.2. The average Bonchev–Trinajstić information content (AvgIpc) is 3.15. The van der Waals surface area contributed by atoms with Crippen LogP contribution in [0, 0.1) is 5.82 Å². The van der Waals surface area contributed by atoms with Gasteiger partial charge in [-0.1, -0.05) is 50.2 Å². The molecular formula is C28H29FN6. The van der Waals surface area contributed by atoms with E-state index in [1.165, 1.54) is 6.07 Å². The van der Waals surface area contributed by atoms with Crippen molar-refractivity contribution in [1.29, 1.82) is 0 Å². The Morgan fingerprint density at radius 2 is 1.74 bits per heavy atom. The first-order valence-electron chi connectivity index (χ1n) is 11.7. The number of benzene rings is 3. The van der Waals surface area contributed by atoms with Gasteiger partial charge in [0.25, 0.3) is 0 Å². The van der Waals surface area contributed by atoms with Gasteiger partial charge in [-0.2, -0.15) is 5.01 Å². The highest BCUT2D eigenvalue weighted by Gasteiger charge is 2.35. The molecule has 3 aromatic carbocycles. The molecule has 6 nitrogen and oxygen atoms in total. The van der Waals surface area contributed by atoms with E-state index in [1.807, 2.05) is 83.8 Å². The Labute approximate surface area is 204 Å². The Hall–Kier alpha value is -3.97. The van der Waals surface area contributed by atoms with Crippen LogP contribution in [0.25, 0.3) is 10.8 Å². The van der Waals surface area contributed by atoms with E-state index in [0.29, 0.717) is 29.4 Å². The molecule has 5 rings (SSSR count). The molecule has 1 aromatic heterocycles. The highest BCUT2D eigenvalue weighted by Crippen LogP contribution is 2.33. The third-order valence-corrected chi connectivity index (χ3v) is 6.45. The van der Waals surface area contributed by atoms with Crippen LogP contribution >= 0.6 is 0 Å². The summed E-state index contributed by atoms with van der Waals surface area (Å²) in [7, 11) is 1.92. The highest BCUT2D eigenvalue weighted by molar-refractivity contribution is 6.10. The maximum Gasteiger partial charge on any atom is 0.152 e. The number of hydrazine groups is 1. The minimum Gasteiger partial charge on any atom is -0.399 e. The van der Waals surface area contributed by atoms with Gasteiger partial charge in [0, 0.05) is 35.8 Å². The zero-order valence-electron chi connectivity index (χ0n) is 20.1. The van der Waals surface area contributed by atoms with Gasteiger partial charge in [-0.05, 0) is 53.3 Å². The molecule has 1 aliphatic rings. The van der Waals surface area contributed by atoms with E-state index >= 15 is 4.39 Å². The quantitative estimate of drug-likeness (QED) is 0.386. The van der Waals surface area contributed by atoms with Crippen LogP contribution in [-0.4, -0.2) is 29.0 Å². The Morgan fingerprint density at radius 1 is 0.971 bits per heavy atom. The molecule has 0 spiro atoms. The smallest absolute Gasteiger partial charge is 0.152 e. The first-order valence-corrected chi connectivity index (χ1v) is 11.7. The van der Waals surface area contributed by atoms with Crippen molar-refractivity contribution >= 4 is 33.8 Å².